The third-order valence-corrected chi connectivity index (χ3v) is 4.97. The number of nitriles is 1. The lowest BCUT2D eigenvalue weighted by molar-refractivity contribution is 0.174. The van der Waals surface area contributed by atoms with Crippen LogP contribution in [-0.4, -0.2) is 21.4 Å². The summed E-state index contributed by atoms with van der Waals surface area (Å²) >= 11 is 1.57. The van der Waals surface area contributed by atoms with Gasteiger partial charge in [0.2, 0.25) is 11.8 Å². The van der Waals surface area contributed by atoms with Crippen molar-refractivity contribution in [2.45, 2.75) is 18.8 Å². The van der Waals surface area contributed by atoms with Crippen molar-refractivity contribution in [2.75, 3.05) is 6.79 Å². The molecule has 0 saturated heterocycles. The van der Waals surface area contributed by atoms with Gasteiger partial charge in [0.15, 0.2) is 17.2 Å². The van der Waals surface area contributed by atoms with E-state index in [4.69, 9.17) is 9.47 Å². The highest BCUT2D eigenvalue weighted by atomic mass is 32.1. The summed E-state index contributed by atoms with van der Waals surface area (Å²) in [6, 6.07) is 7.82. The molecule has 1 aliphatic carbocycles. The Kier molecular flexibility index (Phi) is 2.30. The lowest BCUT2D eigenvalue weighted by Gasteiger charge is -2.00. The van der Waals surface area contributed by atoms with Crippen LogP contribution in [0.3, 0.4) is 0 Å². The number of imidazole rings is 1. The minimum atomic E-state index is 0.231. The predicted molar refractivity (Wildman–Crippen MR) is 79.1 cm³/mol. The highest BCUT2D eigenvalue weighted by Gasteiger charge is 2.29. The Morgan fingerprint density at radius 3 is 2.95 bits per heavy atom. The van der Waals surface area contributed by atoms with Gasteiger partial charge in [-0.3, -0.25) is 0 Å². The zero-order chi connectivity index (χ0) is 14.7. The first kappa shape index (κ1) is 12.0. The van der Waals surface area contributed by atoms with E-state index in [-0.39, 0.29) is 6.79 Å². The molecule has 22 heavy (non-hydrogen) atoms. The minimum absolute atomic E-state index is 0.231. The summed E-state index contributed by atoms with van der Waals surface area (Å²) in [7, 11) is 0. The Morgan fingerprint density at radius 1 is 1.27 bits per heavy atom. The molecular formula is C15H10N4O2S. The number of fused-ring (bicyclic) bond motifs is 2. The molecule has 0 radical (unpaired) electrons. The molecule has 2 aromatic heterocycles. The molecule has 108 valence electrons. The molecule has 0 N–H and O–H groups in total. The van der Waals surface area contributed by atoms with Crippen molar-refractivity contribution in [1.82, 2.24) is 14.6 Å². The van der Waals surface area contributed by atoms with Crippen molar-refractivity contribution >= 4 is 16.3 Å². The molecule has 0 bridgehead atoms. The van der Waals surface area contributed by atoms with Gasteiger partial charge in [-0.05, 0) is 31.0 Å². The number of rotatable bonds is 2. The molecular weight excluding hydrogens is 300 g/mol. The first-order valence-electron chi connectivity index (χ1n) is 7.03. The summed E-state index contributed by atoms with van der Waals surface area (Å²) in [5, 5.41) is 15.2. The average Bonchev–Trinajstić information content (AvgIpc) is 3.00. The van der Waals surface area contributed by atoms with Crippen LogP contribution in [0.2, 0.25) is 0 Å². The lowest BCUT2D eigenvalue weighted by atomic mass is 10.1. The Labute approximate surface area is 129 Å². The van der Waals surface area contributed by atoms with Crippen molar-refractivity contribution in [3.05, 3.63) is 28.9 Å². The summed E-state index contributed by atoms with van der Waals surface area (Å²) in [6.45, 7) is 0.231. The van der Waals surface area contributed by atoms with Crippen LogP contribution in [0.25, 0.3) is 16.2 Å². The van der Waals surface area contributed by atoms with E-state index < -0.39 is 0 Å². The quantitative estimate of drug-likeness (QED) is 0.727. The van der Waals surface area contributed by atoms with Crippen LogP contribution >= 0.6 is 11.3 Å². The van der Waals surface area contributed by atoms with Gasteiger partial charge < -0.3 is 9.47 Å². The molecule has 1 saturated carbocycles. The van der Waals surface area contributed by atoms with E-state index in [0.29, 0.717) is 23.1 Å². The monoisotopic (exact) mass is 310 g/mol. The first-order chi connectivity index (χ1) is 10.8. The van der Waals surface area contributed by atoms with Crippen LogP contribution in [0.15, 0.2) is 18.2 Å². The zero-order valence-corrected chi connectivity index (χ0v) is 12.3. The maximum atomic E-state index is 9.52. The number of nitrogens with zero attached hydrogens (tertiary/aromatic N) is 4. The van der Waals surface area contributed by atoms with Crippen molar-refractivity contribution < 1.29 is 9.47 Å². The van der Waals surface area contributed by atoms with Crippen molar-refractivity contribution in [2.24, 2.45) is 0 Å². The minimum Gasteiger partial charge on any atom is -0.454 e. The van der Waals surface area contributed by atoms with Gasteiger partial charge in [0.05, 0.1) is 0 Å². The standard InChI is InChI=1S/C15H10N4O2S/c16-6-10-13(9-3-4-11-12(5-9)21-7-20-11)17-15-19(10)18-14(22-15)8-1-2-8/h3-5,8H,1-2,7H2. The summed E-state index contributed by atoms with van der Waals surface area (Å²) < 4.78 is 12.4. The Morgan fingerprint density at radius 2 is 2.14 bits per heavy atom. The number of benzene rings is 1. The predicted octanol–water partition coefficient (Wildman–Crippen LogP) is 2.94. The molecule has 3 aromatic rings. The smallest absolute Gasteiger partial charge is 0.231 e. The van der Waals surface area contributed by atoms with E-state index in [1.54, 1.807) is 15.9 Å². The molecule has 5 rings (SSSR count). The number of hydrogen-bond acceptors (Lipinski definition) is 6. The van der Waals surface area contributed by atoms with Gasteiger partial charge in [-0.15, -0.1) is 0 Å². The second kappa shape index (κ2) is 4.21. The summed E-state index contributed by atoms with van der Waals surface area (Å²) in [5.74, 6) is 1.97. The van der Waals surface area contributed by atoms with E-state index in [2.05, 4.69) is 16.2 Å². The van der Waals surface area contributed by atoms with Crippen LogP contribution in [0.1, 0.15) is 29.5 Å². The Hall–Kier alpha value is -2.59. The van der Waals surface area contributed by atoms with Gasteiger partial charge in [-0.25, -0.2) is 4.98 Å². The summed E-state index contributed by atoms with van der Waals surface area (Å²) in [4.78, 5) is 5.38. The second-order valence-electron chi connectivity index (χ2n) is 5.40. The largest absolute Gasteiger partial charge is 0.454 e. The van der Waals surface area contributed by atoms with Crippen molar-refractivity contribution in [3.8, 4) is 28.8 Å². The Balaban J connectivity index is 1.67. The highest BCUT2D eigenvalue weighted by Crippen LogP contribution is 2.43. The molecule has 7 heteroatoms. The van der Waals surface area contributed by atoms with Crippen LogP contribution < -0.4 is 9.47 Å². The van der Waals surface area contributed by atoms with E-state index in [1.165, 1.54) is 12.8 Å². The van der Waals surface area contributed by atoms with Gasteiger partial charge in [0.25, 0.3) is 0 Å². The fourth-order valence-corrected chi connectivity index (χ4v) is 3.67. The van der Waals surface area contributed by atoms with Gasteiger partial charge in [0, 0.05) is 11.5 Å². The van der Waals surface area contributed by atoms with Crippen molar-refractivity contribution in [1.29, 1.82) is 5.26 Å². The summed E-state index contributed by atoms with van der Waals surface area (Å²) in [5.41, 5.74) is 1.95. The van der Waals surface area contributed by atoms with Crippen molar-refractivity contribution in [3.63, 3.8) is 0 Å². The first-order valence-corrected chi connectivity index (χ1v) is 7.85. The molecule has 0 amide bonds. The molecule has 1 aromatic carbocycles. The molecule has 0 atom stereocenters. The molecule has 0 spiro atoms. The fourth-order valence-electron chi connectivity index (χ4n) is 2.60. The van der Waals surface area contributed by atoms with Crippen LogP contribution in [-0.2, 0) is 0 Å². The van der Waals surface area contributed by atoms with E-state index in [9.17, 15) is 5.26 Å². The van der Waals surface area contributed by atoms with Crippen LogP contribution in [0.5, 0.6) is 11.5 Å². The second-order valence-corrected chi connectivity index (χ2v) is 6.39. The topological polar surface area (TPSA) is 72.4 Å². The molecule has 2 aliphatic rings. The number of aromatic nitrogens is 3. The third-order valence-electron chi connectivity index (χ3n) is 3.90. The van der Waals surface area contributed by atoms with Crippen LogP contribution in [0, 0.1) is 11.3 Å². The van der Waals surface area contributed by atoms with Crippen LogP contribution in [0.4, 0.5) is 0 Å². The molecule has 6 nitrogen and oxygen atoms in total. The normalized spacial score (nSPS) is 16.1. The van der Waals surface area contributed by atoms with E-state index >= 15 is 0 Å². The average molecular weight is 310 g/mol. The molecule has 1 fully saturated rings. The van der Waals surface area contributed by atoms with Gasteiger partial charge in [-0.1, -0.05) is 11.3 Å². The SMILES string of the molecule is N#Cc1c(-c2ccc3c(c2)OCO3)nc2sc(C3CC3)nn12. The summed E-state index contributed by atoms with van der Waals surface area (Å²) in [6.07, 6.45) is 2.38. The maximum Gasteiger partial charge on any atom is 0.231 e. The maximum absolute atomic E-state index is 9.52. The van der Waals surface area contributed by atoms with Gasteiger partial charge in [-0.2, -0.15) is 14.9 Å². The Bertz CT molecular complexity index is 948. The number of ether oxygens (including phenoxy) is 2. The highest BCUT2D eigenvalue weighted by molar-refractivity contribution is 7.16. The van der Waals surface area contributed by atoms with Gasteiger partial charge >= 0.3 is 0 Å². The zero-order valence-electron chi connectivity index (χ0n) is 11.4. The lowest BCUT2D eigenvalue weighted by Crippen LogP contribution is -1.93. The number of hydrogen-bond donors (Lipinski definition) is 0. The third kappa shape index (κ3) is 1.64. The van der Waals surface area contributed by atoms with Gasteiger partial charge in [0.1, 0.15) is 16.8 Å². The molecule has 1 aliphatic heterocycles. The molecule has 0 unspecified atom stereocenters. The van der Waals surface area contributed by atoms with E-state index in [1.807, 2.05) is 18.2 Å². The molecule has 3 heterocycles. The fraction of sp³-hybridized carbons (Fsp3) is 0.267. The van der Waals surface area contributed by atoms with E-state index in [0.717, 1.165) is 21.3 Å².